The van der Waals surface area contributed by atoms with Crippen LogP contribution in [0.2, 0.25) is 0 Å². The fraction of sp³-hybridized carbons (Fsp3) is 0.636. The lowest BCUT2D eigenvalue weighted by atomic mass is 9.99. The lowest BCUT2D eigenvalue weighted by molar-refractivity contribution is -0.0352. The van der Waals surface area contributed by atoms with Gasteiger partial charge in [-0.2, -0.15) is 11.3 Å². The van der Waals surface area contributed by atoms with Gasteiger partial charge in [0, 0.05) is 6.61 Å². The molecule has 0 amide bonds. The van der Waals surface area contributed by atoms with Crippen LogP contribution < -0.4 is 0 Å². The molecule has 0 spiro atoms. The normalized spacial score (nSPS) is 15.4. The zero-order chi connectivity index (χ0) is 10.4. The van der Waals surface area contributed by atoms with Crippen molar-refractivity contribution in [3.05, 3.63) is 22.4 Å². The number of aliphatic hydroxyl groups is 1. The molecular weight excluding hydrogens is 196 g/mol. The van der Waals surface area contributed by atoms with Crippen molar-refractivity contribution in [2.75, 3.05) is 13.2 Å². The zero-order valence-electron chi connectivity index (χ0n) is 8.82. The average Bonchev–Trinajstić information content (AvgIpc) is 2.64. The maximum Gasteiger partial charge on any atom is 0.0855 e. The van der Waals surface area contributed by atoms with Crippen molar-refractivity contribution in [3.8, 4) is 0 Å². The minimum Gasteiger partial charge on any atom is -0.388 e. The summed E-state index contributed by atoms with van der Waals surface area (Å²) in [6.45, 7) is 4.85. The lowest BCUT2D eigenvalue weighted by Crippen LogP contribution is -2.31. The van der Waals surface area contributed by atoms with Crippen LogP contribution in [0.3, 0.4) is 0 Å². The molecule has 0 radical (unpaired) electrons. The second-order valence-corrected chi connectivity index (χ2v) is 4.55. The molecular formula is C11H18O2S. The van der Waals surface area contributed by atoms with Crippen LogP contribution >= 0.6 is 11.3 Å². The van der Waals surface area contributed by atoms with E-state index in [1.807, 2.05) is 13.8 Å². The molecule has 0 saturated carbocycles. The molecule has 14 heavy (non-hydrogen) atoms. The van der Waals surface area contributed by atoms with E-state index in [9.17, 15) is 5.11 Å². The van der Waals surface area contributed by atoms with Crippen molar-refractivity contribution in [2.45, 2.75) is 32.3 Å². The van der Waals surface area contributed by atoms with E-state index >= 15 is 0 Å². The van der Waals surface area contributed by atoms with Gasteiger partial charge >= 0.3 is 0 Å². The molecule has 1 atom stereocenters. The molecule has 80 valence electrons. The van der Waals surface area contributed by atoms with Crippen molar-refractivity contribution in [3.63, 3.8) is 0 Å². The molecule has 1 heterocycles. The first-order valence-corrected chi connectivity index (χ1v) is 5.89. The van der Waals surface area contributed by atoms with Gasteiger partial charge in [-0.3, -0.25) is 0 Å². The first-order chi connectivity index (χ1) is 6.64. The van der Waals surface area contributed by atoms with Gasteiger partial charge in [0.2, 0.25) is 0 Å². The first kappa shape index (κ1) is 11.7. The Bertz CT molecular complexity index is 242. The number of hydrogen-bond acceptors (Lipinski definition) is 3. The molecule has 1 unspecified atom stereocenters. The van der Waals surface area contributed by atoms with Gasteiger partial charge in [-0.1, -0.05) is 0 Å². The number of thiophene rings is 1. The van der Waals surface area contributed by atoms with Gasteiger partial charge in [0.15, 0.2) is 0 Å². The van der Waals surface area contributed by atoms with E-state index in [1.165, 1.54) is 5.56 Å². The topological polar surface area (TPSA) is 29.5 Å². The molecule has 1 rings (SSSR count). The van der Waals surface area contributed by atoms with Crippen LogP contribution in [0.15, 0.2) is 16.8 Å². The summed E-state index contributed by atoms with van der Waals surface area (Å²) < 4.78 is 5.22. The molecule has 0 bridgehead atoms. The molecule has 1 N–H and O–H groups in total. The Hall–Kier alpha value is -0.380. The Morgan fingerprint density at radius 3 is 2.93 bits per heavy atom. The molecule has 0 aliphatic carbocycles. The van der Waals surface area contributed by atoms with Crippen molar-refractivity contribution >= 4 is 11.3 Å². The molecule has 0 saturated heterocycles. The summed E-state index contributed by atoms with van der Waals surface area (Å²) in [5.41, 5.74) is 0.601. The van der Waals surface area contributed by atoms with E-state index in [4.69, 9.17) is 4.74 Å². The fourth-order valence-electron chi connectivity index (χ4n) is 1.24. The first-order valence-electron chi connectivity index (χ1n) is 4.95. The summed E-state index contributed by atoms with van der Waals surface area (Å²) in [7, 11) is 0. The molecule has 2 nitrogen and oxygen atoms in total. The van der Waals surface area contributed by atoms with Crippen LogP contribution in [-0.4, -0.2) is 23.9 Å². The van der Waals surface area contributed by atoms with E-state index in [-0.39, 0.29) is 0 Å². The van der Waals surface area contributed by atoms with Gasteiger partial charge in [0.25, 0.3) is 0 Å². The molecule has 3 heteroatoms. The predicted molar refractivity (Wildman–Crippen MR) is 59.8 cm³/mol. The van der Waals surface area contributed by atoms with Crippen molar-refractivity contribution in [1.29, 1.82) is 0 Å². The highest BCUT2D eigenvalue weighted by atomic mass is 32.1. The number of aryl methyl sites for hydroxylation is 1. The summed E-state index contributed by atoms with van der Waals surface area (Å²) in [4.78, 5) is 0. The van der Waals surface area contributed by atoms with Gasteiger partial charge in [-0.05, 0) is 49.1 Å². The number of ether oxygens (including phenoxy) is 1. The third-order valence-electron chi connectivity index (χ3n) is 2.15. The molecule has 1 aromatic rings. The standard InChI is InChI=1S/C11H18O2S/c1-3-13-9-11(2,12)6-4-10-5-7-14-8-10/h5,7-8,12H,3-4,6,9H2,1-2H3. The van der Waals surface area contributed by atoms with Crippen LogP contribution in [0.4, 0.5) is 0 Å². The molecule has 0 aliphatic heterocycles. The molecule has 0 aromatic carbocycles. The largest absolute Gasteiger partial charge is 0.388 e. The Morgan fingerprint density at radius 2 is 2.36 bits per heavy atom. The van der Waals surface area contributed by atoms with Crippen LogP contribution in [0.25, 0.3) is 0 Å². The predicted octanol–water partition coefficient (Wildman–Crippen LogP) is 2.47. The van der Waals surface area contributed by atoms with E-state index in [0.29, 0.717) is 13.2 Å². The van der Waals surface area contributed by atoms with Crippen LogP contribution in [-0.2, 0) is 11.2 Å². The molecule has 1 aromatic heterocycles. The van der Waals surface area contributed by atoms with Crippen LogP contribution in [0.5, 0.6) is 0 Å². The third-order valence-corrected chi connectivity index (χ3v) is 2.88. The van der Waals surface area contributed by atoms with Gasteiger partial charge in [-0.15, -0.1) is 0 Å². The summed E-state index contributed by atoms with van der Waals surface area (Å²) >= 11 is 1.70. The summed E-state index contributed by atoms with van der Waals surface area (Å²) in [5.74, 6) is 0. The Kier molecular flexibility index (Phi) is 4.58. The van der Waals surface area contributed by atoms with Crippen molar-refractivity contribution in [1.82, 2.24) is 0 Å². The quantitative estimate of drug-likeness (QED) is 0.788. The van der Waals surface area contributed by atoms with Gasteiger partial charge in [0.05, 0.1) is 12.2 Å². The summed E-state index contributed by atoms with van der Waals surface area (Å²) in [6.07, 6.45) is 1.67. The van der Waals surface area contributed by atoms with Gasteiger partial charge < -0.3 is 9.84 Å². The van der Waals surface area contributed by atoms with Crippen LogP contribution in [0.1, 0.15) is 25.8 Å². The minimum absolute atomic E-state index is 0.424. The maximum atomic E-state index is 9.92. The Morgan fingerprint density at radius 1 is 1.57 bits per heavy atom. The van der Waals surface area contributed by atoms with E-state index in [1.54, 1.807) is 11.3 Å². The van der Waals surface area contributed by atoms with Crippen molar-refractivity contribution in [2.24, 2.45) is 0 Å². The minimum atomic E-state index is -0.696. The van der Waals surface area contributed by atoms with Crippen molar-refractivity contribution < 1.29 is 9.84 Å². The van der Waals surface area contributed by atoms with E-state index in [0.717, 1.165) is 12.8 Å². The lowest BCUT2D eigenvalue weighted by Gasteiger charge is -2.22. The monoisotopic (exact) mass is 214 g/mol. The van der Waals surface area contributed by atoms with E-state index in [2.05, 4.69) is 16.8 Å². The summed E-state index contributed by atoms with van der Waals surface area (Å²) in [5, 5.41) is 14.1. The fourth-order valence-corrected chi connectivity index (χ4v) is 1.95. The van der Waals surface area contributed by atoms with Crippen LogP contribution in [0, 0.1) is 0 Å². The number of rotatable bonds is 6. The second kappa shape index (κ2) is 5.49. The Labute approximate surface area is 89.5 Å². The highest BCUT2D eigenvalue weighted by Gasteiger charge is 2.19. The zero-order valence-corrected chi connectivity index (χ0v) is 9.64. The smallest absolute Gasteiger partial charge is 0.0855 e. The number of hydrogen-bond donors (Lipinski definition) is 1. The summed E-state index contributed by atoms with van der Waals surface area (Å²) in [6, 6.07) is 2.10. The molecule has 0 fully saturated rings. The second-order valence-electron chi connectivity index (χ2n) is 3.77. The maximum absolute atomic E-state index is 9.92. The highest BCUT2D eigenvalue weighted by molar-refractivity contribution is 7.07. The SMILES string of the molecule is CCOCC(C)(O)CCc1ccsc1. The Balaban J connectivity index is 2.28. The average molecular weight is 214 g/mol. The van der Waals surface area contributed by atoms with Gasteiger partial charge in [0.1, 0.15) is 0 Å². The third kappa shape index (κ3) is 4.22. The molecule has 0 aliphatic rings. The van der Waals surface area contributed by atoms with Gasteiger partial charge in [-0.25, -0.2) is 0 Å². The van der Waals surface area contributed by atoms with E-state index < -0.39 is 5.60 Å². The highest BCUT2D eigenvalue weighted by Crippen LogP contribution is 2.16.